The molecule has 0 rings (SSSR count). The lowest BCUT2D eigenvalue weighted by atomic mass is 10.1. The van der Waals surface area contributed by atoms with E-state index < -0.39 is 12.1 Å². The third-order valence-corrected chi connectivity index (χ3v) is 2.90. The summed E-state index contributed by atoms with van der Waals surface area (Å²) in [5.41, 5.74) is 0. The number of methoxy groups -OCH3 is 1. The summed E-state index contributed by atoms with van der Waals surface area (Å²) in [6.45, 7) is 5.90. The first-order valence-electron chi connectivity index (χ1n) is 6.17. The van der Waals surface area contributed by atoms with Crippen LogP contribution in [0.25, 0.3) is 0 Å². The van der Waals surface area contributed by atoms with Crippen molar-refractivity contribution in [2.24, 2.45) is 0 Å². The summed E-state index contributed by atoms with van der Waals surface area (Å²) in [6, 6.07) is 0.369. The van der Waals surface area contributed by atoms with Crippen LogP contribution >= 0.6 is 0 Å². The van der Waals surface area contributed by atoms with Gasteiger partial charge in [-0.15, -0.1) is 0 Å². The molecule has 0 aliphatic rings. The minimum atomic E-state index is -0.964. The maximum Gasteiger partial charge on any atom is 0.306 e. The number of rotatable bonds is 10. The Balaban J connectivity index is 4.29. The molecule has 0 bridgehead atoms. The Bertz CT molecular complexity index is 207. The molecule has 0 aliphatic heterocycles. The monoisotopic (exact) mass is 247 g/mol. The van der Waals surface area contributed by atoms with E-state index in [0.29, 0.717) is 19.2 Å². The molecule has 102 valence electrons. The number of carboxylic acids is 1. The third-order valence-electron chi connectivity index (χ3n) is 2.90. The van der Waals surface area contributed by atoms with Crippen molar-refractivity contribution in [1.29, 1.82) is 0 Å². The van der Waals surface area contributed by atoms with Gasteiger partial charge in [0.2, 0.25) is 0 Å². The molecule has 1 unspecified atom stereocenters. The number of hydrogen-bond acceptors (Lipinski definition) is 4. The molecule has 0 radical (unpaired) electrons. The predicted molar refractivity (Wildman–Crippen MR) is 66.1 cm³/mol. The quantitative estimate of drug-likeness (QED) is 0.601. The lowest BCUT2D eigenvalue weighted by molar-refractivity contribution is -0.139. The van der Waals surface area contributed by atoms with Gasteiger partial charge in [-0.05, 0) is 12.8 Å². The van der Waals surface area contributed by atoms with Crippen molar-refractivity contribution < 1.29 is 19.7 Å². The molecular formula is C12H25NO4. The Morgan fingerprint density at radius 2 is 1.94 bits per heavy atom. The van der Waals surface area contributed by atoms with Crippen molar-refractivity contribution in [3.63, 3.8) is 0 Å². The van der Waals surface area contributed by atoms with Gasteiger partial charge in [0.05, 0.1) is 19.1 Å². The van der Waals surface area contributed by atoms with Gasteiger partial charge in [-0.2, -0.15) is 0 Å². The van der Waals surface area contributed by atoms with Crippen LogP contribution in [-0.4, -0.2) is 60.0 Å². The summed E-state index contributed by atoms with van der Waals surface area (Å²) >= 11 is 0. The van der Waals surface area contributed by atoms with Crippen molar-refractivity contribution in [1.82, 2.24) is 4.90 Å². The van der Waals surface area contributed by atoms with Crippen LogP contribution < -0.4 is 0 Å². The second-order valence-electron chi connectivity index (χ2n) is 4.21. The van der Waals surface area contributed by atoms with Crippen LogP contribution in [0.1, 0.15) is 33.1 Å². The van der Waals surface area contributed by atoms with Crippen LogP contribution in [0.4, 0.5) is 0 Å². The molecule has 0 aromatic carbocycles. The molecule has 0 aromatic heterocycles. The smallest absolute Gasteiger partial charge is 0.306 e. The maximum absolute atomic E-state index is 10.5. The minimum absolute atomic E-state index is 0.205. The number of carboxylic acid groups (broad SMARTS) is 1. The molecular weight excluding hydrogens is 222 g/mol. The Morgan fingerprint density at radius 1 is 1.35 bits per heavy atom. The van der Waals surface area contributed by atoms with Gasteiger partial charge >= 0.3 is 5.97 Å². The Labute approximate surface area is 103 Å². The predicted octanol–water partition coefficient (Wildman–Crippen LogP) is 0.959. The number of aliphatic hydroxyl groups excluding tert-OH is 1. The summed E-state index contributed by atoms with van der Waals surface area (Å²) in [4.78, 5) is 12.6. The first kappa shape index (κ1) is 16.4. The topological polar surface area (TPSA) is 70.0 Å². The minimum Gasteiger partial charge on any atom is -0.481 e. The van der Waals surface area contributed by atoms with Crippen LogP contribution in [0.3, 0.4) is 0 Å². The second-order valence-corrected chi connectivity index (χ2v) is 4.21. The first-order chi connectivity index (χ1) is 8.04. The molecule has 0 aliphatic carbocycles. The Kier molecular flexibility index (Phi) is 9.03. The van der Waals surface area contributed by atoms with Gasteiger partial charge in [0.25, 0.3) is 0 Å². The SMILES string of the molecule is CCC(CC)N(CCOC)CC(O)CC(=O)O. The molecule has 0 aromatic rings. The number of aliphatic hydroxyl groups is 1. The fourth-order valence-electron chi connectivity index (χ4n) is 1.97. The van der Waals surface area contributed by atoms with E-state index in [-0.39, 0.29) is 6.42 Å². The van der Waals surface area contributed by atoms with Crippen molar-refractivity contribution in [2.75, 3.05) is 26.8 Å². The van der Waals surface area contributed by atoms with Crippen LogP contribution in [0.5, 0.6) is 0 Å². The number of aliphatic carboxylic acids is 1. The van der Waals surface area contributed by atoms with E-state index in [9.17, 15) is 9.90 Å². The lowest BCUT2D eigenvalue weighted by Gasteiger charge is -2.31. The summed E-state index contributed by atoms with van der Waals surface area (Å²) in [5.74, 6) is -0.964. The number of hydrogen-bond donors (Lipinski definition) is 2. The molecule has 0 spiro atoms. The molecule has 1 atom stereocenters. The van der Waals surface area contributed by atoms with E-state index in [1.807, 2.05) is 0 Å². The Morgan fingerprint density at radius 3 is 2.35 bits per heavy atom. The Hall–Kier alpha value is -0.650. The highest BCUT2D eigenvalue weighted by Gasteiger charge is 2.19. The highest BCUT2D eigenvalue weighted by molar-refractivity contribution is 5.67. The highest BCUT2D eigenvalue weighted by Crippen LogP contribution is 2.10. The van der Waals surface area contributed by atoms with Gasteiger partial charge in [-0.3, -0.25) is 9.69 Å². The third kappa shape index (κ3) is 7.31. The summed E-state index contributed by atoms with van der Waals surface area (Å²) in [7, 11) is 1.64. The lowest BCUT2D eigenvalue weighted by Crippen LogP contribution is -2.42. The van der Waals surface area contributed by atoms with Crippen LogP contribution in [0.2, 0.25) is 0 Å². The molecule has 5 heteroatoms. The molecule has 0 amide bonds. The van der Waals surface area contributed by atoms with E-state index >= 15 is 0 Å². The summed E-state index contributed by atoms with van der Waals surface area (Å²) in [5, 5.41) is 18.3. The normalized spacial score (nSPS) is 13.3. The second kappa shape index (κ2) is 9.39. The highest BCUT2D eigenvalue weighted by atomic mass is 16.5. The van der Waals surface area contributed by atoms with E-state index in [1.54, 1.807) is 7.11 Å². The number of ether oxygens (including phenoxy) is 1. The number of nitrogens with zero attached hydrogens (tertiary/aromatic N) is 1. The molecule has 2 N–H and O–H groups in total. The molecule has 0 saturated carbocycles. The van der Waals surface area contributed by atoms with E-state index in [1.165, 1.54) is 0 Å². The summed E-state index contributed by atoms with van der Waals surface area (Å²) < 4.78 is 5.03. The van der Waals surface area contributed by atoms with Crippen molar-refractivity contribution >= 4 is 5.97 Å². The van der Waals surface area contributed by atoms with Crippen LogP contribution in [-0.2, 0) is 9.53 Å². The van der Waals surface area contributed by atoms with Crippen molar-refractivity contribution in [3.8, 4) is 0 Å². The van der Waals surface area contributed by atoms with E-state index in [2.05, 4.69) is 18.7 Å². The van der Waals surface area contributed by atoms with E-state index in [0.717, 1.165) is 19.4 Å². The maximum atomic E-state index is 10.5. The van der Waals surface area contributed by atoms with E-state index in [4.69, 9.17) is 9.84 Å². The van der Waals surface area contributed by atoms with Crippen LogP contribution in [0.15, 0.2) is 0 Å². The van der Waals surface area contributed by atoms with Gasteiger partial charge in [-0.25, -0.2) is 0 Å². The molecule has 0 heterocycles. The zero-order valence-electron chi connectivity index (χ0n) is 11.1. The van der Waals surface area contributed by atoms with Gasteiger partial charge in [0.1, 0.15) is 0 Å². The number of carbonyl (C=O) groups is 1. The molecule has 17 heavy (non-hydrogen) atoms. The first-order valence-corrected chi connectivity index (χ1v) is 6.17. The standard InChI is InChI=1S/C12H25NO4/c1-4-10(5-2)13(6-7-17-3)9-11(14)8-12(15)16/h10-11,14H,4-9H2,1-3H3,(H,15,16). The van der Waals surface area contributed by atoms with Gasteiger partial charge in [0, 0.05) is 26.2 Å². The van der Waals surface area contributed by atoms with Crippen molar-refractivity contribution in [3.05, 3.63) is 0 Å². The van der Waals surface area contributed by atoms with Gasteiger partial charge in [0.15, 0.2) is 0 Å². The molecule has 0 saturated heterocycles. The zero-order valence-corrected chi connectivity index (χ0v) is 11.1. The average molecular weight is 247 g/mol. The largest absolute Gasteiger partial charge is 0.481 e. The summed E-state index contributed by atoms with van der Waals surface area (Å²) in [6.07, 6.45) is 0.953. The fourth-order valence-corrected chi connectivity index (χ4v) is 1.97. The van der Waals surface area contributed by atoms with Gasteiger partial charge < -0.3 is 14.9 Å². The molecule has 0 fully saturated rings. The van der Waals surface area contributed by atoms with Crippen molar-refractivity contribution in [2.45, 2.75) is 45.3 Å². The zero-order chi connectivity index (χ0) is 13.3. The van der Waals surface area contributed by atoms with Crippen LogP contribution in [0, 0.1) is 0 Å². The fraction of sp³-hybridized carbons (Fsp3) is 0.917. The average Bonchev–Trinajstić information content (AvgIpc) is 2.26. The molecule has 5 nitrogen and oxygen atoms in total. The van der Waals surface area contributed by atoms with Gasteiger partial charge in [-0.1, -0.05) is 13.8 Å².